The van der Waals surface area contributed by atoms with E-state index in [4.69, 9.17) is 15.1 Å². The van der Waals surface area contributed by atoms with Crippen molar-refractivity contribution in [3.63, 3.8) is 0 Å². The average Bonchev–Trinajstić information content (AvgIpc) is 3.84. The number of hydrogen-bond acceptors (Lipinski definition) is 4. The highest BCUT2D eigenvalue weighted by Crippen LogP contribution is 2.41. The molecule has 0 fully saturated rings. The van der Waals surface area contributed by atoms with E-state index in [1.165, 1.54) is 0 Å². The lowest BCUT2D eigenvalue weighted by Crippen LogP contribution is -2.29. The van der Waals surface area contributed by atoms with Crippen molar-refractivity contribution >= 4 is 56.9 Å². The molecule has 2 aliphatic heterocycles. The van der Waals surface area contributed by atoms with Crippen LogP contribution in [0.4, 0.5) is 0 Å². The second kappa shape index (κ2) is 10.5. The highest BCUT2D eigenvalue weighted by Gasteiger charge is 2.20. The number of carboxylic acid groups (broad SMARTS) is 1. The maximum absolute atomic E-state index is 12.4. The van der Waals surface area contributed by atoms with Crippen LogP contribution in [0.5, 0.6) is 0 Å². The van der Waals surface area contributed by atoms with Crippen molar-refractivity contribution in [1.82, 2.24) is 25.3 Å². The molecule has 0 saturated heterocycles. The smallest absolute Gasteiger partial charge is 0.322 e. The van der Waals surface area contributed by atoms with Gasteiger partial charge in [0.2, 0.25) is 0 Å². The minimum atomic E-state index is -1.10. The number of benzene rings is 3. The number of fused-ring (bicyclic) bond motifs is 13. The minimum Gasteiger partial charge on any atom is -0.480 e. The van der Waals surface area contributed by atoms with Gasteiger partial charge in [-0.3, -0.25) is 9.59 Å². The number of nitrogens with one attached hydrogen (secondary N) is 3. The molecule has 3 aromatic carbocycles. The molecule has 8 nitrogen and oxygen atoms in total. The van der Waals surface area contributed by atoms with E-state index in [9.17, 15) is 9.59 Å². The SMILES string of the molecule is O=C(O)CNC(=O)c1ccc(-c2cc3cc4nc(cc5ccc(cc6nc(cc2[nH]3)-c2ccc3ccccc3c2-6)[nH]5)C=C4)cc1. The molecule has 5 heterocycles. The zero-order chi connectivity index (χ0) is 30.5. The number of carbonyl (C=O) groups is 2. The summed E-state index contributed by atoms with van der Waals surface area (Å²) in [4.78, 5) is 40.3. The van der Waals surface area contributed by atoms with Crippen LogP contribution in [0.1, 0.15) is 21.7 Å². The Morgan fingerprint density at radius 1 is 0.689 bits per heavy atom. The molecule has 1 amide bonds. The number of amides is 1. The first-order chi connectivity index (χ1) is 22.0. The molecule has 45 heavy (non-hydrogen) atoms. The third-order valence-corrected chi connectivity index (χ3v) is 8.02. The van der Waals surface area contributed by atoms with Gasteiger partial charge in [0.15, 0.2) is 0 Å². The predicted molar refractivity (Wildman–Crippen MR) is 177 cm³/mol. The first kappa shape index (κ1) is 26.4. The highest BCUT2D eigenvalue weighted by molar-refractivity contribution is 6.06. The van der Waals surface area contributed by atoms with Crippen LogP contribution in [-0.2, 0) is 4.79 Å². The van der Waals surface area contributed by atoms with Gasteiger partial charge in [-0.05, 0) is 83.1 Å². The molecule has 0 spiro atoms. The van der Waals surface area contributed by atoms with E-state index in [-0.39, 0.29) is 0 Å². The summed E-state index contributed by atoms with van der Waals surface area (Å²) >= 11 is 0. The fourth-order valence-electron chi connectivity index (χ4n) is 5.96. The topological polar surface area (TPSA) is 124 Å². The van der Waals surface area contributed by atoms with Crippen molar-refractivity contribution in [2.75, 3.05) is 6.54 Å². The summed E-state index contributed by atoms with van der Waals surface area (Å²) in [5, 5.41) is 13.6. The van der Waals surface area contributed by atoms with Crippen LogP contribution >= 0.6 is 0 Å². The lowest BCUT2D eigenvalue weighted by atomic mass is 9.96. The number of H-pyrrole nitrogens is 2. The molecule has 0 atom stereocenters. The lowest BCUT2D eigenvalue weighted by molar-refractivity contribution is -0.135. The Bertz CT molecular complexity index is 2380. The molecule has 216 valence electrons. The Labute approximate surface area is 256 Å². The summed E-state index contributed by atoms with van der Waals surface area (Å²) in [5.41, 5.74) is 11.3. The first-order valence-electron chi connectivity index (χ1n) is 14.5. The number of aliphatic carboxylic acids is 1. The normalized spacial score (nSPS) is 11.8. The van der Waals surface area contributed by atoms with Gasteiger partial charge >= 0.3 is 5.97 Å². The molecule has 0 aliphatic carbocycles. The molecule has 2 aliphatic rings. The molecule has 0 radical (unpaired) electrons. The van der Waals surface area contributed by atoms with Gasteiger partial charge in [0, 0.05) is 44.3 Å². The van der Waals surface area contributed by atoms with Crippen molar-refractivity contribution in [1.29, 1.82) is 0 Å². The Balaban J connectivity index is 1.37. The fraction of sp³-hybridized carbons (Fsp3) is 0.0270. The monoisotopic (exact) mass is 587 g/mol. The molecular weight excluding hydrogens is 562 g/mol. The van der Waals surface area contributed by atoms with Crippen LogP contribution in [-0.4, -0.2) is 43.5 Å². The Morgan fingerprint density at radius 2 is 1.44 bits per heavy atom. The second-order valence-corrected chi connectivity index (χ2v) is 11.0. The molecule has 3 aromatic heterocycles. The van der Waals surface area contributed by atoms with Gasteiger partial charge in [-0.1, -0.05) is 48.5 Å². The van der Waals surface area contributed by atoms with E-state index in [0.717, 1.165) is 77.9 Å². The third-order valence-electron chi connectivity index (χ3n) is 8.02. The van der Waals surface area contributed by atoms with Gasteiger partial charge in [-0.15, -0.1) is 0 Å². The van der Waals surface area contributed by atoms with Gasteiger partial charge < -0.3 is 20.4 Å². The van der Waals surface area contributed by atoms with Crippen LogP contribution < -0.4 is 5.32 Å². The Hall–Kier alpha value is -6.28. The van der Waals surface area contributed by atoms with Crippen LogP contribution in [0.2, 0.25) is 0 Å². The van der Waals surface area contributed by atoms with Gasteiger partial charge in [0.1, 0.15) is 6.54 Å². The maximum atomic E-state index is 12.4. The summed E-state index contributed by atoms with van der Waals surface area (Å²) in [6.07, 6.45) is 3.97. The molecule has 0 unspecified atom stereocenters. The number of rotatable bonds is 4. The molecular formula is C37H25N5O3. The Kier molecular flexibility index (Phi) is 6.13. The maximum Gasteiger partial charge on any atom is 0.322 e. The highest BCUT2D eigenvalue weighted by atomic mass is 16.4. The van der Waals surface area contributed by atoms with E-state index in [1.807, 2.05) is 48.6 Å². The Morgan fingerprint density at radius 3 is 2.24 bits per heavy atom. The zero-order valence-corrected chi connectivity index (χ0v) is 23.8. The number of aromatic amines is 2. The molecule has 8 bridgehead atoms. The predicted octanol–water partition coefficient (Wildman–Crippen LogP) is 7.45. The quantitative estimate of drug-likeness (QED) is 0.170. The largest absolute Gasteiger partial charge is 0.480 e. The number of nitrogens with zero attached hydrogens (tertiary/aromatic N) is 2. The summed E-state index contributed by atoms with van der Waals surface area (Å²) < 4.78 is 0. The zero-order valence-electron chi connectivity index (χ0n) is 23.8. The average molecular weight is 588 g/mol. The van der Waals surface area contributed by atoms with E-state index in [2.05, 4.69) is 69.9 Å². The van der Waals surface area contributed by atoms with Crippen LogP contribution in [0.25, 0.3) is 78.6 Å². The van der Waals surface area contributed by atoms with Crippen LogP contribution in [0.15, 0.2) is 103 Å². The molecule has 4 N–H and O–H groups in total. The van der Waals surface area contributed by atoms with Crippen molar-refractivity contribution in [2.45, 2.75) is 0 Å². The standard InChI is InChI=1S/C37H25N5O3/c43-35(44)20-38-37(45)23-7-5-22(6-8-23)31-17-28-16-26-11-10-24(39-26)15-25-12-13-27(40-25)18-34-36-29-4-2-1-3-21(29)9-14-30(36)32(42-34)19-33(31)41-28/h1-19,40-41H,20H2,(H,38,45)(H,43,44). The molecule has 8 rings (SSSR count). The van der Waals surface area contributed by atoms with Gasteiger partial charge in [0.05, 0.1) is 22.8 Å². The van der Waals surface area contributed by atoms with Crippen molar-refractivity contribution in [3.8, 4) is 33.6 Å². The van der Waals surface area contributed by atoms with Crippen molar-refractivity contribution < 1.29 is 14.7 Å². The van der Waals surface area contributed by atoms with Crippen LogP contribution in [0.3, 0.4) is 0 Å². The van der Waals surface area contributed by atoms with Gasteiger partial charge in [-0.25, -0.2) is 9.97 Å². The van der Waals surface area contributed by atoms with E-state index < -0.39 is 18.4 Å². The lowest BCUT2D eigenvalue weighted by Gasteiger charge is -2.06. The summed E-state index contributed by atoms with van der Waals surface area (Å²) in [7, 11) is 0. The number of carboxylic acids is 1. The number of hydrogen-bond donors (Lipinski definition) is 4. The van der Waals surface area contributed by atoms with Gasteiger partial charge in [-0.2, -0.15) is 0 Å². The summed E-state index contributed by atoms with van der Waals surface area (Å²) in [6, 6.07) is 34.1. The first-order valence-corrected chi connectivity index (χ1v) is 14.5. The van der Waals surface area contributed by atoms with E-state index in [0.29, 0.717) is 5.56 Å². The van der Waals surface area contributed by atoms with Gasteiger partial charge in [0.25, 0.3) is 5.91 Å². The third kappa shape index (κ3) is 4.94. The van der Waals surface area contributed by atoms with Crippen molar-refractivity contribution in [2.24, 2.45) is 0 Å². The number of aromatic nitrogens is 4. The molecule has 8 heteroatoms. The fourth-order valence-corrected chi connectivity index (χ4v) is 5.96. The number of carbonyl (C=O) groups excluding carboxylic acids is 1. The van der Waals surface area contributed by atoms with Crippen LogP contribution in [0, 0.1) is 0 Å². The van der Waals surface area contributed by atoms with E-state index in [1.54, 1.807) is 12.1 Å². The van der Waals surface area contributed by atoms with Crippen molar-refractivity contribution in [3.05, 3.63) is 120 Å². The summed E-state index contributed by atoms with van der Waals surface area (Å²) in [5.74, 6) is -1.54. The molecule has 0 saturated carbocycles. The summed E-state index contributed by atoms with van der Waals surface area (Å²) in [6.45, 7) is -0.438. The minimum absolute atomic E-state index is 0.381. The van der Waals surface area contributed by atoms with E-state index >= 15 is 0 Å². The molecule has 6 aromatic rings. The second-order valence-electron chi connectivity index (χ2n) is 11.0.